The molecule has 0 amide bonds. The predicted octanol–water partition coefficient (Wildman–Crippen LogP) is 2.85. The van der Waals surface area contributed by atoms with Crippen LogP contribution in [0.15, 0.2) is 12.1 Å². The lowest BCUT2D eigenvalue weighted by molar-refractivity contribution is -0.142. The van der Waals surface area contributed by atoms with E-state index in [0.29, 0.717) is 13.2 Å². The van der Waals surface area contributed by atoms with Crippen LogP contribution < -0.4 is 0 Å². The van der Waals surface area contributed by atoms with Crippen LogP contribution in [-0.4, -0.2) is 41.8 Å². The maximum Gasteiger partial charge on any atom is 0.306 e. The van der Waals surface area contributed by atoms with Gasteiger partial charge in [-0.25, -0.2) is 0 Å². The highest BCUT2D eigenvalue weighted by molar-refractivity contribution is 5.67. The second kappa shape index (κ2) is 6.58. The van der Waals surface area contributed by atoms with Crippen molar-refractivity contribution in [3.63, 3.8) is 0 Å². The van der Waals surface area contributed by atoms with E-state index in [9.17, 15) is 4.79 Å². The number of aliphatic carboxylic acids is 1. The van der Waals surface area contributed by atoms with Crippen molar-refractivity contribution in [3.8, 4) is 0 Å². The highest BCUT2D eigenvalue weighted by Crippen LogP contribution is 2.29. The summed E-state index contributed by atoms with van der Waals surface area (Å²) in [7, 11) is 0. The zero-order valence-corrected chi connectivity index (χ0v) is 13.3. The van der Waals surface area contributed by atoms with E-state index in [1.807, 2.05) is 0 Å². The number of hydrogen-bond acceptors (Lipinski definition) is 3. The smallest absolute Gasteiger partial charge is 0.306 e. The number of ether oxygens (including phenoxy) is 1. The molecule has 1 saturated heterocycles. The van der Waals surface area contributed by atoms with Crippen molar-refractivity contribution in [2.75, 3.05) is 19.7 Å². The predicted molar refractivity (Wildman–Crippen MR) is 82.6 cm³/mol. The Morgan fingerprint density at radius 3 is 2.57 bits per heavy atom. The Morgan fingerprint density at radius 2 is 2.00 bits per heavy atom. The van der Waals surface area contributed by atoms with Crippen molar-refractivity contribution in [1.82, 2.24) is 4.90 Å². The summed E-state index contributed by atoms with van der Waals surface area (Å²) in [6.07, 6.45) is -0.125. The van der Waals surface area contributed by atoms with E-state index in [-0.39, 0.29) is 18.6 Å². The molecule has 0 spiro atoms. The summed E-state index contributed by atoms with van der Waals surface area (Å²) in [6, 6.07) is 4.72. The van der Waals surface area contributed by atoms with Gasteiger partial charge in [0.2, 0.25) is 0 Å². The van der Waals surface area contributed by atoms with Crippen molar-refractivity contribution in [1.29, 1.82) is 0 Å². The SMILES string of the molecule is Cc1cc(C)c(C(C)N2CCOC(CC(=O)O)C2)c(C)c1. The van der Waals surface area contributed by atoms with Crippen molar-refractivity contribution in [3.05, 3.63) is 34.4 Å². The molecule has 4 nitrogen and oxygen atoms in total. The molecule has 0 radical (unpaired) electrons. The van der Waals surface area contributed by atoms with Gasteiger partial charge in [0, 0.05) is 19.1 Å². The lowest BCUT2D eigenvalue weighted by atomic mass is 9.93. The molecule has 1 N–H and O–H groups in total. The summed E-state index contributed by atoms with van der Waals surface area (Å²) in [6.45, 7) is 10.8. The molecule has 1 aliphatic heterocycles. The molecular weight excluding hydrogens is 266 g/mol. The summed E-state index contributed by atoms with van der Waals surface area (Å²) < 4.78 is 5.56. The van der Waals surface area contributed by atoms with E-state index in [1.165, 1.54) is 22.3 Å². The molecule has 2 rings (SSSR count). The summed E-state index contributed by atoms with van der Waals surface area (Å²) in [4.78, 5) is 13.2. The normalized spacial score (nSPS) is 21.2. The lowest BCUT2D eigenvalue weighted by Crippen LogP contribution is -2.44. The maximum atomic E-state index is 10.9. The number of benzene rings is 1. The van der Waals surface area contributed by atoms with Gasteiger partial charge < -0.3 is 9.84 Å². The van der Waals surface area contributed by atoms with Crippen molar-refractivity contribution in [2.24, 2.45) is 0 Å². The molecule has 116 valence electrons. The summed E-state index contributed by atoms with van der Waals surface area (Å²) in [5.74, 6) is -0.794. The van der Waals surface area contributed by atoms with Crippen LogP contribution in [0.1, 0.15) is 41.6 Å². The largest absolute Gasteiger partial charge is 0.481 e. The Hall–Kier alpha value is -1.39. The molecule has 0 aliphatic carbocycles. The lowest BCUT2D eigenvalue weighted by Gasteiger charge is -2.37. The van der Waals surface area contributed by atoms with Crippen molar-refractivity contribution >= 4 is 5.97 Å². The molecule has 1 aromatic carbocycles. The van der Waals surface area contributed by atoms with Gasteiger partial charge in [-0.15, -0.1) is 0 Å². The zero-order valence-electron chi connectivity index (χ0n) is 13.3. The monoisotopic (exact) mass is 291 g/mol. The van der Waals surface area contributed by atoms with Gasteiger partial charge in [0.05, 0.1) is 19.1 Å². The highest BCUT2D eigenvalue weighted by Gasteiger charge is 2.27. The van der Waals surface area contributed by atoms with Crippen LogP contribution >= 0.6 is 0 Å². The van der Waals surface area contributed by atoms with Crippen molar-refractivity contribution < 1.29 is 14.6 Å². The Balaban J connectivity index is 2.16. The number of morpholine rings is 1. The second-order valence-corrected chi connectivity index (χ2v) is 6.07. The fourth-order valence-corrected chi connectivity index (χ4v) is 3.44. The number of aryl methyl sites for hydroxylation is 3. The molecule has 1 aliphatic rings. The summed E-state index contributed by atoms with van der Waals surface area (Å²) in [5.41, 5.74) is 5.26. The average molecular weight is 291 g/mol. The zero-order chi connectivity index (χ0) is 15.6. The number of rotatable bonds is 4. The summed E-state index contributed by atoms with van der Waals surface area (Å²) >= 11 is 0. The van der Waals surface area contributed by atoms with Gasteiger partial charge in [0.15, 0.2) is 0 Å². The minimum Gasteiger partial charge on any atom is -0.481 e. The molecule has 2 unspecified atom stereocenters. The Bertz CT molecular complexity index is 504. The molecular formula is C17H25NO3. The molecule has 2 atom stereocenters. The van der Waals surface area contributed by atoms with Crippen LogP contribution in [0.4, 0.5) is 0 Å². The first kappa shape index (κ1) is 16.0. The number of hydrogen-bond donors (Lipinski definition) is 1. The van der Waals surface area contributed by atoms with Gasteiger partial charge in [-0.2, -0.15) is 0 Å². The molecule has 0 bridgehead atoms. The topological polar surface area (TPSA) is 49.8 Å². The first-order valence-corrected chi connectivity index (χ1v) is 7.53. The molecule has 0 aromatic heterocycles. The van der Waals surface area contributed by atoms with Crippen LogP contribution in [0, 0.1) is 20.8 Å². The van der Waals surface area contributed by atoms with E-state index in [4.69, 9.17) is 9.84 Å². The maximum absolute atomic E-state index is 10.9. The van der Waals surface area contributed by atoms with E-state index in [1.54, 1.807) is 0 Å². The number of nitrogens with zero attached hydrogens (tertiary/aromatic N) is 1. The minimum atomic E-state index is -0.794. The molecule has 21 heavy (non-hydrogen) atoms. The standard InChI is InChI=1S/C17H25NO3/c1-11-7-12(2)17(13(3)8-11)14(4)18-5-6-21-15(10-18)9-16(19)20/h7-8,14-15H,5-6,9-10H2,1-4H3,(H,19,20). The van der Waals surface area contributed by atoms with Crippen molar-refractivity contribution in [2.45, 2.75) is 46.3 Å². The van der Waals surface area contributed by atoms with Gasteiger partial charge in [-0.05, 0) is 44.4 Å². The number of carbonyl (C=O) groups is 1. The van der Waals surface area contributed by atoms with Crippen LogP contribution in [-0.2, 0) is 9.53 Å². The van der Waals surface area contributed by atoms with E-state index < -0.39 is 5.97 Å². The summed E-state index contributed by atoms with van der Waals surface area (Å²) in [5, 5.41) is 8.93. The molecule has 0 saturated carbocycles. The van der Waals surface area contributed by atoms with Crippen LogP contribution in [0.3, 0.4) is 0 Å². The number of carboxylic acid groups (broad SMARTS) is 1. The fraction of sp³-hybridized carbons (Fsp3) is 0.588. The Labute approximate surface area is 126 Å². The third-order valence-corrected chi connectivity index (χ3v) is 4.28. The van der Waals surface area contributed by atoms with Gasteiger partial charge in [-0.1, -0.05) is 17.7 Å². The average Bonchev–Trinajstić information content (AvgIpc) is 2.36. The van der Waals surface area contributed by atoms with Gasteiger partial charge in [0.1, 0.15) is 0 Å². The third-order valence-electron chi connectivity index (χ3n) is 4.28. The molecule has 4 heteroatoms. The number of carboxylic acids is 1. The highest BCUT2D eigenvalue weighted by atomic mass is 16.5. The minimum absolute atomic E-state index is 0.0785. The second-order valence-electron chi connectivity index (χ2n) is 6.07. The molecule has 1 heterocycles. The van der Waals surface area contributed by atoms with Crippen LogP contribution in [0.2, 0.25) is 0 Å². The molecule has 1 fully saturated rings. The van der Waals surface area contributed by atoms with Gasteiger partial charge >= 0.3 is 5.97 Å². The first-order chi connectivity index (χ1) is 9.88. The van der Waals surface area contributed by atoms with Crippen LogP contribution in [0.25, 0.3) is 0 Å². The fourth-order valence-electron chi connectivity index (χ4n) is 3.44. The molecule has 1 aromatic rings. The van der Waals surface area contributed by atoms with Gasteiger partial charge in [-0.3, -0.25) is 9.69 Å². The first-order valence-electron chi connectivity index (χ1n) is 7.53. The van der Waals surface area contributed by atoms with Crippen LogP contribution in [0.5, 0.6) is 0 Å². The Kier molecular flexibility index (Phi) is 5.01. The van der Waals surface area contributed by atoms with E-state index in [2.05, 4.69) is 44.7 Å². The van der Waals surface area contributed by atoms with Gasteiger partial charge in [0.25, 0.3) is 0 Å². The van der Waals surface area contributed by atoms with E-state index in [0.717, 1.165) is 6.54 Å². The van der Waals surface area contributed by atoms with E-state index >= 15 is 0 Å². The third kappa shape index (κ3) is 3.83. The Morgan fingerprint density at radius 1 is 1.38 bits per heavy atom. The quantitative estimate of drug-likeness (QED) is 0.926.